The molecule has 8 nitrogen and oxygen atoms in total. The lowest BCUT2D eigenvalue weighted by Crippen LogP contribution is -2.47. The maximum atomic E-state index is 13.0. The summed E-state index contributed by atoms with van der Waals surface area (Å²) < 4.78 is 7.19. The van der Waals surface area contributed by atoms with Crippen LogP contribution in [-0.4, -0.2) is 41.3 Å². The Morgan fingerprint density at radius 1 is 1.09 bits per heavy atom. The summed E-state index contributed by atoms with van der Waals surface area (Å²) in [7, 11) is 0. The van der Waals surface area contributed by atoms with Crippen LogP contribution >= 0.6 is 0 Å². The summed E-state index contributed by atoms with van der Waals surface area (Å²) in [5.74, 6) is 1.26. The highest BCUT2D eigenvalue weighted by Crippen LogP contribution is 2.19. The van der Waals surface area contributed by atoms with Crippen LogP contribution in [0.25, 0.3) is 11.0 Å². The average molecular weight is 436 g/mol. The predicted octanol–water partition coefficient (Wildman–Crippen LogP) is 3.61. The first-order valence-corrected chi connectivity index (χ1v) is 11.1. The second kappa shape index (κ2) is 9.72. The number of piperidine rings is 1. The first-order valence-electron chi connectivity index (χ1n) is 11.1. The summed E-state index contributed by atoms with van der Waals surface area (Å²) in [6, 6.07) is 14.8. The molecule has 1 fully saturated rings. The predicted molar refractivity (Wildman–Crippen MR) is 127 cm³/mol. The van der Waals surface area contributed by atoms with E-state index in [4.69, 9.17) is 4.74 Å². The minimum absolute atomic E-state index is 0.0443. The van der Waals surface area contributed by atoms with E-state index in [0.717, 1.165) is 29.6 Å². The van der Waals surface area contributed by atoms with E-state index in [1.807, 2.05) is 67.3 Å². The lowest BCUT2D eigenvalue weighted by atomic mass is 10.1. The number of carbonyl (C=O) groups is 1. The molecule has 0 radical (unpaired) electrons. The van der Waals surface area contributed by atoms with Crippen molar-refractivity contribution < 1.29 is 9.53 Å². The molecule has 2 heterocycles. The van der Waals surface area contributed by atoms with Crippen LogP contribution in [0.3, 0.4) is 0 Å². The van der Waals surface area contributed by atoms with Gasteiger partial charge in [0, 0.05) is 31.4 Å². The van der Waals surface area contributed by atoms with Gasteiger partial charge < -0.3 is 24.8 Å². The molecule has 0 spiro atoms. The molecular formula is C24H29N5O3. The van der Waals surface area contributed by atoms with Crippen LogP contribution in [0.1, 0.15) is 26.7 Å². The number of aryl methyl sites for hydroxylation is 1. The molecule has 168 valence electrons. The van der Waals surface area contributed by atoms with Gasteiger partial charge in [-0.05, 0) is 63.1 Å². The summed E-state index contributed by atoms with van der Waals surface area (Å²) in [6.07, 6.45) is 1.49. The number of nitrogens with one attached hydrogen (secondary N) is 2. The second-order valence-electron chi connectivity index (χ2n) is 7.79. The van der Waals surface area contributed by atoms with E-state index in [9.17, 15) is 9.59 Å². The molecule has 2 N–H and O–H groups in total. The van der Waals surface area contributed by atoms with Gasteiger partial charge >= 0.3 is 6.03 Å². The number of urea groups is 1. The van der Waals surface area contributed by atoms with E-state index in [1.54, 1.807) is 4.57 Å². The Bertz CT molecular complexity index is 1130. The molecule has 3 aromatic rings. The van der Waals surface area contributed by atoms with Crippen molar-refractivity contribution in [3.8, 4) is 5.75 Å². The van der Waals surface area contributed by atoms with Gasteiger partial charge in [0.2, 0.25) is 0 Å². The zero-order valence-corrected chi connectivity index (χ0v) is 18.5. The van der Waals surface area contributed by atoms with Crippen LogP contribution in [0.5, 0.6) is 5.75 Å². The first kappa shape index (κ1) is 21.7. The van der Waals surface area contributed by atoms with Crippen molar-refractivity contribution in [1.29, 1.82) is 0 Å². The Kier molecular flexibility index (Phi) is 6.58. The molecule has 0 saturated carbocycles. The fourth-order valence-electron chi connectivity index (χ4n) is 4.09. The van der Waals surface area contributed by atoms with E-state index in [1.165, 1.54) is 0 Å². The second-order valence-corrected chi connectivity index (χ2v) is 7.79. The number of aromatic nitrogens is 2. The van der Waals surface area contributed by atoms with Crippen molar-refractivity contribution >= 4 is 28.6 Å². The largest absolute Gasteiger partial charge is 0.494 e. The molecule has 4 rings (SSSR count). The normalized spacial score (nSPS) is 14.4. The number of benzene rings is 2. The van der Waals surface area contributed by atoms with Crippen molar-refractivity contribution in [2.24, 2.45) is 0 Å². The molecule has 2 amide bonds. The van der Waals surface area contributed by atoms with Gasteiger partial charge in [-0.15, -0.1) is 0 Å². The summed E-state index contributed by atoms with van der Waals surface area (Å²) in [6.45, 7) is 6.43. The van der Waals surface area contributed by atoms with E-state index in [2.05, 4.69) is 15.6 Å². The molecule has 0 bridgehead atoms. The SMILES string of the molecule is CCOc1ccc(NC(=O)NC2CCN(c3nc4ccccc4n(CC)c3=O)CC2)cc1. The number of fused-ring (bicyclic) bond motifs is 1. The maximum Gasteiger partial charge on any atom is 0.319 e. The van der Waals surface area contributed by atoms with Gasteiger partial charge in [-0.1, -0.05) is 12.1 Å². The molecule has 1 aliphatic rings. The summed E-state index contributed by atoms with van der Waals surface area (Å²) in [5, 5.41) is 5.90. The number of nitrogens with zero attached hydrogens (tertiary/aromatic N) is 3. The lowest BCUT2D eigenvalue weighted by molar-refractivity contribution is 0.246. The molecule has 0 atom stereocenters. The average Bonchev–Trinajstić information content (AvgIpc) is 2.81. The van der Waals surface area contributed by atoms with Gasteiger partial charge in [0.15, 0.2) is 5.82 Å². The fraction of sp³-hybridized carbons (Fsp3) is 0.375. The molecule has 1 aliphatic heterocycles. The molecule has 2 aromatic carbocycles. The minimum atomic E-state index is -0.232. The first-order chi connectivity index (χ1) is 15.6. The Morgan fingerprint density at radius 3 is 2.50 bits per heavy atom. The minimum Gasteiger partial charge on any atom is -0.494 e. The molecule has 0 unspecified atom stereocenters. The molecule has 0 aliphatic carbocycles. The van der Waals surface area contributed by atoms with Crippen LogP contribution in [0.4, 0.5) is 16.3 Å². The quantitative estimate of drug-likeness (QED) is 0.618. The van der Waals surface area contributed by atoms with E-state index in [0.29, 0.717) is 37.7 Å². The van der Waals surface area contributed by atoms with Gasteiger partial charge in [0.05, 0.1) is 17.6 Å². The zero-order chi connectivity index (χ0) is 22.5. The van der Waals surface area contributed by atoms with Gasteiger partial charge in [-0.3, -0.25) is 4.79 Å². The lowest BCUT2D eigenvalue weighted by Gasteiger charge is -2.33. The highest BCUT2D eigenvalue weighted by atomic mass is 16.5. The molecule has 32 heavy (non-hydrogen) atoms. The molecule has 1 aromatic heterocycles. The maximum absolute atomic E-state index is 13.0. The fourth-order valence-corrected chi connectivity index (χ4v) is 4.09. The topological polar surface area (TPSA) is 88.5 Å². The third-order valence-corrected chi connectivity index (χ3v) is 5.70. The Balaban J connectivity index is 1.36. The smallest absolute Gasteiger partial charge is 0.319 e. The van der Waals surface area contributed by atoms with E-state index < -0.39 is 0 Å². The number of anilines is 2. The Hall–Kier alpha value is -3.55. The molecular weight excluding hydrogens is 406 g/mol. The number of hydrogen-bond donors (Lipinski definition) is 2. The monoisotopic (exact) mass is 435 g/mol. The third-order valence-electron chi connectivity index (χ3n) is 5.70. The number of carbonyl (C=O) groups excluding carboxylic acids is 1. The third kappa shape index (κ3) is 4.69. The molecule has 1 saturated heterocycles. The number of rotatable bonds is 6. The zero-order valence-electron chi connectivity index (χ0n) is 18.5. The van der Waals surface area contributed by atoms with Crippen molar-refractivity contribution in [3.63, 3.8) is 0 Å². The van der Waals surface area contributed by atoms with Crippen molar-refractivity contribution in [1.82, 2.24) is 14.9 Å². The van der Waals surface area contributed by atoms with Crippen LogP contribution in [0.15, 0.2) is 53.3 Å². The van der Waals surface area contributed by atoms with Gasteiger partial charge in [0.1, 0.15) is 5.75 Å². The van der Waals surface area contributed by atoms with Crippen LogP contribution in [0.2, 0.25) is 0 Å². The highest BCUT2D eigenvalue weighted by Gasteiger charge is 2.24. The van der Waals surface area contributed by atoms with Gasteiger partial charge in [0.25, 0.3) is 5.56 Å². The Morgan fingerprint density at radius 2 is 1.81 bits per heavy atom. The highest BCUT2D eigenvalue weighted by molar-refractivity contribution is 5.89. The van der Waals surface area contributed by atoms with Crippen molar-refractivity contribution in [2.75, 3.05) is 29.9 Å². The van der Waals surface area contributed by atoms with E-state index in [-0.39, 0.29) is 17.6 Å². The van der Waals surface area contributed by atoms with E-state index >= 15 is 0 Å². The standard InChI is InChI=1S/C24H29N5O3/c1-3-29-21-8-6-5-7-20(21)27-22(23(29)30)28-15-13-18(14-16-28)26-24(31)25-17-9-11-19(12-10-17)32-4-2/h5-12,18H,3-4,13-16H2,1-2H3,(H2,25,26,31). The summed E-state index contributed by atoms with van der Waals surface area (Å²) >= 11 is 0. The van der Waals surface area contributed by atoms with Gasteiger partial charge in [-0.2, -0.15) is 0 Å². The summed E-state index contributed by atoms with van der Waals surface area (Å²) in [4.78, 5) is 32.1. The number of amides is 2. The van der Waals surface area contributed by atoms with Crippen molar-refractivity contribution in [3.05, 3.63) is 58.9 Å². The van der Waals surface area contributed by atoms with Gasteiger partial charge in [-0.25, -0.2) is 9.78 Å². The summed E-state index contributed by atoms with van der Waals surface area (Å²) in [5.41, 5.74) is 2.32. The Labute approximate surface area is 187 Å². The van der Waals surface area contributed by atoms with Crippen LogP contribution < -0.4 is 25.8 Å². The number of hydrogen-bond acceptors (Lipinski definition) is 5. The van der Waals surface area contributed by atoms with Crippen molar-refractivity contribution in [2.45, 2.75) is 39.3 Å². The van der Waals surface area contributed by atoms with Crippen LogP contribution in [-0.2, 0) is 6.54 Å². The number of para-hydroxylation sites is 2. The number of ether oxygens (including phenoxy) is 1. The molecule has 8 heteroatoms. The van der Waals surface area contributed by atoms with Crippen LogP contribution in [0, 0.1) is 0 Å².